The van der Waals surface area contributed by atoms with Crippen LogP contribution >= 0.6 is 0 Å². The maximum absolute atomic E-state index is 10.3. The van der Waals surface area contributed by atoms with Gasteiger partial charge in [-0.15, -0.1) is 0 Å². The molecule has 0 bridgehead atoms. The fourth-order valence-corrected chi connectivity index (χ4v) is 3.60. The summed E-state index contributed by atoms with van der Waals surface area (Å²) in [5.74, 6) is 0.741. The molecular weight excluding hydrogens is 282 g/mol. The van der Waals surface area contributed by atoms with Crippen LogP contribution in [0.5, 0.6) is 5.75 Å². The molecule has 2 atom stereocenters. The van der Waals surface area contributed by atoms with Crippen molar-refractivity contribution in [2.45, 2.75) is 44.6 Å². The van der Waals surface area contributed by atoms with Gasteiger partial charge in [-0.25, -0.2) is 0 Å². The van der Waals surface area contributed by atoms with Crippen molar-refractivity contribution in [2.24, 2.45) is 0 Å². The molecule has 3 rings (SSSR count). The quantitative estimate of drug-likeness (QED) is 0.859. The lowest BCUT2D eigenvalue weighted by atomic mass is 9.97. The first-order valence-electron chi connectivity index (χ1n) is 8.06. The molecule has 2 N–H and O–H groups in total. The molecule has 1 aromatic carbocycles. The Morgan fingerprint density at radius 1 is 1.45 bits per heavy atom. The van der Waals surface area contributed by atoms with Crippen molar-refractivity contribution in [1.82, 2.24) is 4.90 Å². The Hall–Kier alpha value is -1.14. The Labute approximate surface area is 131 Å². The maximum Gasteiger partial charge on any atom is 0.124 e. The average molecular weight is 307 g/mol. The van der Waals surface area contributed by atoms with Gasteiger partial charge in [0.1, 0.15) is 11.4 Å². The number of β-amino-alcohol motifs (C(OH)–C–C–N with tert-alkyl or cyclic N) is 1. The highest BCUT2D eigenvalue weighted by molar-refractivity contribution is 5.37. The SMILES string of the molecule is CCOc1ccc(CN2C[C@H](O)[C@]3(CCCO3)C2)cc1CO. The Balaban J connectivity index is 1.68. The normalized spacial score (nSPS) is 28.6. The van der Waals surface area contributed by atoms with E-state index in [2.05, 4.69) is 4.90 Å². The minimum Gasteiger partial charge on any atom is -0.494 e. The van der Waals surface area contributed by atoms with Crippen molar-refractivity contribution in [2.75, 3.05) is 26.3 Å². The number of ether oxygens (including phenoxy) is 2. The summed E-state index contributed by atoms with van der Waals surface area (Å²) in [5.41, 5.74) is 1.58. The van der Waals surface area contributed by atoms with Crippen LogP contribution in [-0.4, -0.2) is 53.1 Å². The zero-order chi connectivity index (χ0) is 15.6. The number of aliphatic hydroxyl groups excluding tert-OH is 2. The predicted molar refractivity (Wildman–Crippen MR) is 82.7 cm³/mol. The van der Waals surface area contributed by atoms with Crippen molar-refractivity contribution in [3.05, 3.63) is 29.3 Å². The van der Waals surface area contributed by atoms with Crippen LogP contribution in [0.15, 0.2) is 18.2 Å². The molecule has 0 saturated carbocycles. The maximum atomic E-state index is 10.3. The van der Waals surface area contributed by atoms with Gasteiger partial charge in [0.05, 0.1) is 19.3 Å². The molecular formula is C17H25NO4. The molecule has 0 aliphatic carbocycles. The van der Waals surface area contributed by atoms with Crippen LogP contribution in [0.2, 0.25) is 0 Å². The van der Waals surface area contributed by atoms with E-state index in [0.29, 0.717) is 13.2 Å². The van der Waals surface area contributed by atoms with Crippen molar-refractivity contribution in [3.63, 3.8) is 0 Å². The van der Waals surface area contributed by atoms with E-state index in [1.54, 1.807) is 0 Å². The second-order valence-electron chi connectivity index (χ2n) is 6.24. The molecule has 22 heavy (non-hydrogen) atoms. The summed E-state index contributed by atoms with van der Waals surface area (Å²) in [5, 5.41) is 19.8. The summed E-state index contributed by atoms with van der Waals surface area (Å²) >= 11 is 0. The molecule has 2 saturated heterocycles. The van der Waals surface area contributed by atoms with Crippen LogP contribution in [0.1, 0.15) is 30.9 Å². The van der Waals surface area contributed by atoms with Crippen molar-refractivity contribution in [1.29, 1.82) is 0 Å². The number of likely N-dealkylation sites (tertiary alicyclic amines) is 1. The molecule has 5 heteroatoms. The number of hydrogen-bond acceptors (Lipinski definition) is 5. The van der Waals surface area contributed by atoms with Crippen molar-refractivity contribution >= 4 is 0 Å². The van der Waals surface area contributed by atoms with E-state index in [0.717, 1.165) is 49.4 Å². The average Bonchev–Trinajstić information content (AvgIpc) is 3.09. The van der Waals surface area contributed by atoms with E-state index in [-0.39, 0.29) is 12.2 Å². The van der Waals surface area contributed by atoms with Gasteiger partial charge in [0.25, 0.3) is 0 Å². The predicted octanol–water partition coefficient (Wildman–Crippen LogP) is 1.30. The van der Waals surface area contributed by atoms with Gasteiger partial charge < -0.3 is 19.7 Å². The van der Waals surface area contributed by atoms with Crippen LogP contribution in [0.25, 0.3) is 0 Å². The number of benzene rings is 1. The smallest absolute Gasteiger partial charge is 0.124 e. The van der Waals surface area contributed by atoms with E-state index in [1.165, 1.54) is 0 Å². The molecule has 0 unspecified atom stereocenters. The lowest BCUT2D eigenvalue weighted by molar-refractivity contribution is -0.0593. The highest BCUT2D eigenvalue weighted by atomic mass is 16.5. The standard InChI is InChI=1S/C17H25NO4/c1-2-21-15-5-4-13(8-14(15)11-19)9-18-10-16(20)17(12-18)6-3-7-22-17/h4-5,8,16,19-20H,2-3,6-7,9-12H2,1H3/t16-,17-/m0/s1. The van der Waals surface area contributed by atoms with Gasteiger partial charge in [-0.2, -0.15) is 0 Å². The minimum atomic E-state index is -0.407. The molecule has 2 fully saturated rings. The Bertz CT molecular complexity index is 513. The zero-order valence-corrected chi connectivity index (χ0v) is 13.1. The number of nitrogens with zero attached hydrogens (tertiary/aromatic N) is 1. The van der Waals surface area contributed by atoms with Gasteiger partial charge in [-0.3, -0.25) is 4.90 Å². The Morgan fingerprint density at radius 2 is 2.32 bits per heavy atom. The molecule has 122 valence electrons. The second kappa shape index (κ2) is 6.54. The molecule has 2 aliphatic heterocycles. The molecule has 1 spiro atoms. The van der Waals surface area contributed by atoms with E-state index < -0.39 is 6.10 Å². The van der Waals surface area contributed by atoms with Crippen molar-refractivity contribution < 1.29 is 19.7 Å². The molecule has 0 radical (unpaired) electrons. The summed E-state index contributed by atoms with van der Waals surface area (Å²) in [7, 11) is 0. The molecule has 5 nitrogen and oxygen atoms in total. The van der Waals surface area contributed by atoms with Gasteiger partial charge in [0.15, 0.2) is 0 Å². The first kappa shape index (κ1) is 15.7. The third-order valence-electron chi connectivity index (χ3n) is 4.66. The van der Waals surface area contributed by atoms with Gasteiger partial charge >= 0.3 is 0 Å². The van der Waals surface area contributed by atoms with Crippen molar-refractivity contribution in [3.8, 4) is 5.75 Å². The van der Waals surface area contributed by atoms with Gasteiger partial charge in [0, 0.05) is 31.8 Å². The van der Waals surface area contributed by atoms with Gasteiger partial charge in [0.2, 0.25) is 0 Å². The zero-order valence-electron chi connectivity index (χ0n) is 13.1. The first-order chi connectivity index (χ1) is 10.7. The topological polar surface area (TPSA) is 62.2 Å². The second-order valence-corrected chi connectivity index (χ2v) is 6.24. The lowest BCUT2D eigenvalue weighted by Crippen LogP contribution is -2.40. The van der Waals surface area contributed by atoms with Gasteiger partial charge in [-0.1, -0.05) is 6.07 Å². The third kappa shape index (κ3) is 2.99. The summed E-state index contributed by atoms with van der Waals surface area (Å²) in [4.78, 5) is 2.23. The van der Waals surface area contributed by atoms with Crippen LogP contribution < -0.4 is 4.74 Å². The first-order valence-corrected chi connectivity index (χ1v) is 8.06. The molecule has 2 aliphatic rings. The molecule has 2 heterocycles. The fraction of sp³-hybridized carbons (Fsp3) is 0.647. The van der Waals surface area contributed by atoms with E-state index in [9.17, 15) is 10.2 Å². The molecule has 0 amide bonds. The summed E-state index contributed by atoms with van der Waals surface area (Å²) in [6.45, 7) is 5.41. The Morgan fingerprint density at radius 3 is 3.00 bits per heavy atom. The Kier molecular flexibility index (Phi) is 4.68. The molecule has 1 aromatic rings. The van der Waals surface area contributed by atoms with Crippen LogP contribution in [-0.2, 0) is 17.9 Å². The fourth-order valence-electron chi connectivity index (χ4n) is 3.60. The number of rotatable bonds is 5. The number of aliphatic hydroxyl groups is 2. The van der Waals surface area contributed by atoms with Crippen LogP contribution in [0, 0.1) is 0 Å². The largest absolute Gasteiger partial charge is 0.494 e. The summed E-state index contributed by atoms with van der Waals surface area (Å²) in [6, 6.07) is 5.92. The van der Waals surface area contributed by atoms with E-state index in [4.69, 9.17) is 9.47 Å². The minimum absolute atomic E-state index is 0.0289. The summed E-state index contributed by atoms with van der Waals surface area (Å²) < 4.78 is 11.3. The van der Waals surface area contributed by atoms with E-state index in [1.807, 2.05) is 25.1 Å². The van der Waals surface area contributed by atoms with Crippen LogP contribution in [0.3, 0.4) is 0 Å². The van der Waals surface area contributed by atoms with E-state index >= 15 is 0 Å². The third-order valence-corrected chi connectivity index (χ3v) is 4.66. The highest BCUT2D eigenvalue weighted by Crippen LogP contribution is 2.36. The monoisotopic (exact) mass is 307 g/mol. The number of hydrogen-bond donors (Lipinski definition) is 2. The molecule has 0 aromatic heterocycles. The highest BCUT2D eigenvalue weighted by Gasteiger charge is 2.48. The summed E-state index contributed by atoms with van der Waals surface area (Å²) in [6.07, 6.45) is 1.56. The van der Waals surface area contributed by atoms with Gasteiger partial charge in [-0.05, 0) is 37.5 Å². The lowest BCUT2D eigenvalue weighted by Gasteiger charge is -2.25. The van der Waals surface area contributed by atoms with Crippen LogP contribution in [0.4, 0.5) is 0 Å².